The van der Waals surface area contributed by atoms with Crippen molar-refractivity contribution >= 4 is 6.09 Å². The molecule has 1 amide bonds. The summed E-state index contributed by atoms with van der Waals surface area (Å²) in [7, 11) is 0. The van der Waals surface area contributed by atoms with Gasteiger partial charge in [0.25, 0.3) is 0 Å². The second kappa shape index (κ2) is 6.61. The number of phenolic OH excluding ortho intramolecular Hbond substituents is 1. The fraction of sp³-hybridized carbons (Fsp3) is 0.533. The SMILES string of the molecule is Cc1ccc(CC(CN)NC(=O)OC(C)(C)C)cc1O. The summed E-state index contributed by atoms with van der Waals surface area (Å²) in [5, 5.41) is 12.4. The van der Waals surface area contributed by atoms with Gasteiger partial charge >= 0.3 is 6.09 Å². The van der Waals surface area contributed by atoms with E-state index >= 15 is 0 Å². The summed E-state index contributed by atoms with van der Waals surface area (Å²) in [6.45, 7) is 7.55. The normalized spacial score (nSPS) is 12.8. The third-order valence-electron chi connectivity index (χ3n) is 2.76. The van der Waals surface area contributed by atoms with Gasteiger partial charge in [-0.1, -0.05) is 12.1 Å². The number of alkyl carbamates (subject to hydrolysis) is 1. The molecule has 1 unspecified atom stereocenters. The van der Waals surface area contributed by atoms with E-state index < -0.39 is 11.7 Å². The zero-order valence-electron chi connectivity index (χ0n) is 12.6. The molecule has 20 heavy (non-hydrogen) atoms. The maximum absolute atomic E-state index is 11.7. The van der Waals surface area contributed by atoms with Crippen molar-refractivity contribution < 1.29 is 14.6 Å². The summed E-state index contributed by atoms with van der Waals surface area (Å²) in [6.07, 6.45) is 0.0631. The van der Waals surface area contributed by atoms with Crippen LogP contribution >= 0.6 is 0 Å². The van der Waals surface area contributed by atoms with Crippen molar-refractivity contribution in [3.05, 3.63) is 29.3 Å². The first-order chi connectivity index (χ1) is 9.21. The predicted octanol–water partition coefficient (Wildman–Crippen LogP) is 2.10. The first kappa shape index (κ1) is 16.3. The van der Waals surface area contributed by atoms with Gasteiger partial charge in [0.15, 0.2) is 0 Å². The van der Waals surface area contributed by atoms with Crippen LogP contribution in [0, 0.1) is 6.92 Å². The van der Waals surface area contributed by atoms with Crippen LogP contribution in [0.25, 0.3) is 0 Å². The highest BCUT2D eigenvalue weighted by molar-refractivity contribution is 5.68. The van der Waals surface area contributed by atoms with Gasteiger partial charge in [-0.15, -0.1) is 0 Å². The minimum Gasteiger partial charge on any atom is -0.508 e. The smallest absolute Gasteiger partial charge is 0.407 e. The van der Waals surface area contributed by atoms with E-state index in [4.69, 9.17) is 10.5 Å². The molecule has 5 nitrogen and oxygen atoms in total. The van der Waals surface area contributed by atoms with Crippen LogP contribution in [0.2, 0.25) is 0 Å². The molecular formula is C15H24N2O3. The quantitative estimate of drug-likeness (QED) is 0.788. The molecule has 112 valence electrons. The fourth-order valence-electron chi connectivity index (χ4n) is 1.73. The maximum Gasteiger partial charge on any atom is 0.407 e. The minimum atomic E-state index is -0.536. The summed E-state index contributed by atoms with van der Waals surface area (Å²) < 4.78 is 5.20. The molecule has 4 N–H and O–H groups in total. The number of nitrogens with one attached hydrogen (secondary N) is 1. The van der Waals surface area contributed by atoms with Crippen LogP contribution < -0.4 is 11.1 Å². The third-order valence-corrected chi connectivity index (χ3v) is 2.76. The van der Waals surface area contributed by atoms with Crippen LogP contribution in [0.4, 0.5) is 4.79 Å². The molecule has 0 aliphatic carbocycles. The van der Waals surface area contributed by atoms with Crippen LogP contribution in [-0.4, -0.2) is 29.4 Å². The minimum absolute atomic E-state index is 0.230. The Balaban J connectivity index is 2.63. The Bertz CT molecular complexity index is 467. The van der Waals surface area contributed by atoms with Gasteiger partial charge in [0, 0.05) is 12.6 Å². The van der Waals surface area contributed by atoms with E-state index in [0.29, 0.717) is 13.0 Å². The van der Waals surface area contributed by atoms with Gasteiger partial charge < -0.3 is 20.9 Å². The lowest BCUT2D eigenvalue weighted by atomic mass is 10.0. The van der Waals surface area contributed by atoms with Gasteiger partial charge in [-0.05, 0) is 51.3 Å². The van der Waals surface area contributed by atoms with Crippen molar-refractivity contribution in [1.82, 2.24) is 5.32 Å². The first-order valence-electron chi connectivity index (χ1n) is 6.69. The van der Waals surface area contributed by atoms with Gasteiger partial charge in [-0.3, -0.25) is 0 Å². The summed E-state index contributed by atoms with van der Waals surface area (Å²) in [5.41, 5.74) is 6.87. The molecule has 0 aliphatic rings. The number of amides is 1. The maximum atomic E-state index is 11.7. The Morgan fingerprint density at radius 3 is 2.60 bits per heavy atom. The lowest BCUT2D eigenvalue weighted by Crippen LogP contribution is -2.44. The van der Waals surface area contributed by atoms with Crippen molar-refractivity contribution in [2.75, 3.05) is 6.54 Å². The number of benzene rings is 1. The standard InChI is InChI=1S/C15H24N2O3/c1-10-5-6-11(8-13(10)18)7-12(9-16)17-14(19)20-15(2,3)4/h5-6,8,12,18H,7,9,16H2,1-4H3,(H,17,19). The average molecular weight is 280 g/mol. The van der Waals surface area contributed by atoms with E-state index in [9.17, 15) is 9.90 Å². The van der Waals surface area contributed by atoms with Crippen molar-refractivity contribution in [2.24, 2.45) is 5.73 Å². The summed E-state index contributed by atoms with van der Waals surface area (Å²) in [5.74, 6) is 0.246. The second-order valence-electron chi connectivity index (χ2n) is 5.90. The van der Waals surface area contributed by atoms with Crippen LogP contribution in [0.3, 0.4) is 0 Å². The Morgan fingerprint density at radius 1 is 1.45 bits per heavy atom. The number of aromatic hydroxyl groups is 1. The zero-order chi connectivity index (χ0) is 15.3. The Morgan fingerprint density at radius 2 is 2.10 bits per heavy atom. The Kier molecular flexibility index (Phi) is 5.39. The van der Waals surface area contributed by atoms with Gasteiger partial charge in [0.05, 0.1) is 0 Å². The number of phenols is 1. The van der Waals surface area contributed by atoms with Gasteiger partial charge in [0.1, 0.15) is 11.4 Å². The molecule has 5 heteroatoms. The van der Waals surface area contributed by atoms with E-state index in [1.807, 2.05) is 39.8 Å². The number of aryl methyl sites for hydroxylation is 1. The third kappa shape index (κ3) is 5.48. The fourth-order valence-corrected chi connectivity index (χ4v) is 1.73. The first-order valence-corrected chi connectivity index (χ1v) is 6.69. The highest BCUT2D eigenvalue weighted by Gasteiger charge is 2.19. The van der Waals surface area contributed by atoms with E-state index in [2.05, 4.69) is 5.32 Å². The number of hydrogen-bond acceptors (Lipinski definition) is 4. The topological polar surface area (TPSA) is 84.6 Å². The van der Waals surface area contributed by atoms with Crippen molar-refractivity contribution in [1.29, 1.82) is 0 Å². The summed E-state index contributed by atoms with van der Waals surface area (Å²) in [6, 6.07) is 5.21. The van der Waals surface area contributed by atoms with Gasteiger partial charge in [0.2, 0.25) is 0 Å². The number of hydrogen-bond donors (Lipinski definition) is 3. The molecule has 0 aliphatic heterocycles. The lowest BCUT2D eigenvalue weighted by molar-refractivity contribution is 0.0506. The molecule has 0 bridgehead atoms. The summed E-state index contributed by atoms with van der Waals surface area (Å²) in [4.78, 5) is 11.7. The van der Waals surface area contributed by atoms with Gasteiger partial charge in [-0.2, -0.15) is 0 Å². The van der Waals surface area contributed by atoms with Crippen LogP contribution in [0.1, 0.15) is 31.9 Å². The molecule has 0 spiro atoms. The van der Waals surface area contributed by atoms with E-state index in [1.54, 1.807) is 6.07 Å². The molecule has 1 rings (SSSR count). The number of carbonyl (C=O) groups is 1. The molecule has 0 aromatic heterocycles. The highest BCUT2D eigenvalue weighted by atomic mass is 16.6. The molecule has 0 saturated carbocycles. The lowest BCUT2D eigenvalue weighted by Gasteiger charge is -2.23. The van der Waals surface area contributed by atoms with Crippen LogP contribution in [0.5, 0.6) is 5.75 Å². The van der Waals surface area contributed by atoms with Gasteiger partial charge in [-0.25, -0.2) is 4.79 Å². The molecule has 0 fully saturated rings. The van der Waals surface area contributed by atoms with E-state index in [-0.39, 0.29) is 11.8 Å². The molecular weight excluding hydrogens is 256 g/mol. The number of nitrogens with two attached hydrogens (primary N) is 1. The predicted molar refractivity (Wildman–Crippen MR) is 78.8 cm³/mol. The number of rotatable bonds is 4. The molecule has 0 heterocycles. The molecule has 0 radical (unpaired) electrons. The highest BCUT2D eigenvalue weighted by Crippen LogP contribution is 2.18. The molecule has 1 aromatic carbocycles. The van der Waals surface area contributed by atoms with Crippen molar-refractivity contribution in [3.8, 4) is 5.75 Å². The van der Waals surface area contributed by atoms with Crippen molar-refractivity contribution in [3.63, 3.8) is 0 Å². The Hall–Kier alpha value is -1.75. The summed E-state index contributed by atoms with van der Waals surface area (Å²) >= 11 is 0. The van der Waals surface area contributed by atoms with Crippen LogP contribution in [0.15, 0.2) is 18.2 Å². The molecule has 1 atom stereocenters. The van der Waals surface area contributed by atoms with Crippen LogP contribution in [-0.2, 0) is 11.2 Å². The second-order valence-corrected chi connectivity index (χ2v) is 5.90. The average Bonchev–Trinajstić information content (AvgIpc) is 2.30. The zero-order valence-corrected chi connectivity index (χ0v) is 12.6. The Labute approximate surface area is 120 Å². The molecule has 1 aromatic rings. The van der Waals surface area contributed by atoms with E-state index in [0.717, 1.165) is 11.1 Å². The number of ether oxygens (including phenoxy) is 1. The van der Waals surface area contributed by atoms with Crippen molar-refractivity contribution in [2.45, 2.75) is 45.8 Å². The number of carbonyl (C=O) groups excluding carboxylic acids is 1. The molecule has 0 saturated heterocycles. The van der Waals surface area contributed by atoms with E-state index in [1.165, 1.54) is 0 Å². The largest absolute Gasteiger partial charge is 0.508 e. The monoisotopic (exact) mass is 280 g/mol.